The SMILES string of the molecule is CCN(CC)S(=O)(=O)c1cccc(C(=O)Oc2cccc(-c3cnc4ccccc4n3)c2)c1. The fourth-order valence-electron chi connectivity index (χ4n) is 3.48. The Morgan fingerprint density at radius 3 is 2.39 bits per heavy atom. The zero-order valence-corrected chi connectivity index (χ0v) is 19.1. The van der Waals surface area contributed by atoms with Crippen LogP contribution in [0.15, 0.2) is 83.9 Å². The van der Waals surface area contributed by atoms with Crippen LogP contribution in [0.3, 0.4) is 0 Å². The summed E-state index contributed by atoms with van der Waals surface area (Å²) >= 11 is 0. The predicted molar refractivity (Wildman–Crippen MR) is 126 cm³/mol. The van der Waals surface area contributed by atoms with E-state index in [4.69, 9.17) is 4.74 Å². The molecular formula is C25H23N3O4S. The highest BCUT2D eigenvalue weighted by Crippen LogP contribution is 2.25. The van der Waals surface area contributed by atoms with Crippen LogP contribution in [0.4, 0.5) is 0 Å². The van der Waals surface area contributed by atoms with Crippen molar-refractivity contribution in [2.24, 2.45) is 0 Å². The zero-order valence-electron chi connectivity index (χ0n) is 18.3. The molecule has 4 rings (SSSR count). The first-order valence-electron chi connectivity index (χ1n) is 10.6. The number of para-hydroxylation sites is 2. The van der Waals surface area contributed by atoms with E-state index in [9.17, 15) is 13.2 Å². The zero-order chi connectivity index (χ0) is 23.4. The van der Waals surface area contributed by atoms with Crippen LogP contribution < -0.4 is 4.74 Å². The maximum Gasteiger partial charge on any atom is 0.343 e. The van der Waals surface area contributed by atoms with Crippen molar-refractivity contribution in [2.75, 3.05) is 13.1 Å². The van der Waals surface area contributed by atoms with Gasteiger partial charge in [0.1, 0.15) is 5.75 Å². The maximum absolute atomic E-state index is 12.8. The molecule has 0 atom stereocenters. The lowest BCUT2D eigenvalue weighted by molar-refractivity contribution is 0.0734. The lowest BCUT2D eigenvalue weighted by atomic mass is 10.1. The molecule has 0 saturated heterocycles. The Morgan fingerprint density at radius 1 is 0.909 bits per heavy atom. The molecule has 0 radical (unpaired) electrons. The van der Waals surface area contributed by atoms with Crippen LogP contribution >= 0.6 is 0 Å². The molecule has 8 heteroatoms. The van der Waals surface area contributed by atoms with Crippen LogP contribution in [-0.4, -0.2) is 41.7 Å². The summed E-state index contributed by atoms with van der Waals surface area (Å²) in [5, 5.41) is 0. The van der Waals surface area contributed by atoms with Crippen LogP contribution in [0.5, 0.6) is 5.75 Å². The predicted octanol–water partition coefficient (Wildman–Crippen LogP) is 4.55. The molecule has 0 N–H and O–H groups in total. The fourth-order valence-corrected chi connectivity index (χ4v) is 4.98. The van der Waals surface area contributed by atoms with Gasteiger partial charge in [0, 0.05) is 18.7 Å². The molecule has 0 saturated carbocycles. The fraction of sp³-hybridized carbons (Fsp3) is 0.160. The number of rotatable bonds is 7. The van der Waals surface area contributed by atoms with E-state index in [-0.39, 0.29) is 10.5 Å². The highest BCUT2D eigenvalue weighted by molar-refractivity contribution is 7.89. The third-order valence-corrected chi connectivity index (χ3v) is 7.25. The quantitative estimate of drug-likeness (QED) is 0.296. The highest BCUT2D eigenvalue weighted by Gasteiger charge is 2.23. The van der Waals surface area contributed by atoms with Crippen LogP contribution in [0.1, 0.15) is 24.2 Å². The summed E-state index contributed by atoms with van der Waals surface area (Å²) in [4.78, 5) is 21.9. The number of aromatic nitrogens is 2. The van der Waals surface area contributed by atoms with Crippen molar-refractivity contribution in [3.8, 4) is 17.0 Å². The van der Waals surface area contributed by atoms with E-state index in [1.165, 1.54) is 28.6 Å². The second-order valence-electron chi connectivity index (χ2n) is 7.28. The summed E-state index contributed by atoms with van der Waals surface area (Å²) in [6, 6.07) is 20.4. The highest BCUT2D eigenvalue weighted by atomic mass is 32.2. The average Bonchev–Trinajstić information content (AvgIpc) is 2.84. The topological polar surface area (TPSA) is 89.5 Å². The lowest BCUT2D eigenvalue weighted by Gasteiger charge is -2.18. The van der Waals surface area contributed by atoms with Crippen molar-refractivity contribution >= 4 is 27.0 Å². The Kier molecular flexibility index (Phi) is 6.48. The van der Waals surface area contributed by atoms with E-state index in [1.54, 1.807) is 38.2 Å². The number of sulfonamides is 1. The Hall–Kier alpha value is -3.62. The molecule has 7 nitrogen and oxygen atoms in total. The first-order chi connectivity index (χ1) is 15.9. The largest absolute Gasteiger partial charge is 0.423 e. The molecule has 1 heterocycles. The van der Waals surface area contributed by atoms with Gasteiger partial charge in [-0.15, -0.1) is 0 Å². The van der Waals surface area contributed by atoms with Gasteiger partial charge < -0.3 is 4.74 Å². The summed E-state index contributed by atoms with van der Waals surface area (Å²) < 4.78 is 32.4. The normalized spacial score (nSPS) is 11.6. The van der Waals surface area contributed by atoms with Crippen LogP contribution in [0.25, 0.3) is 22.3 Å². The van der Waals surface area contributed by atoms with E-state index < -0.39 is 16.0 Å². The van der Waals surface area contributed by atoms with Gasteiger partial charge in [-0.25, -0.2) is 18.2 Å². The standard InChI is InChI=1S/C25H23N3O4S/c1-3-28(4-2)33(30,31)21-12-8-10-19(16-21)25(29)32-20-11-7-9-18(15-20)24-17-26-22-13-5-6-14-23(22)27-24/h5-17H,3-4H2,1-2H3. The molecule has 0 amide bonds. The minimum atomic E-state index is -3.68. The van der Waals surface area contributed by atoms with Crippen molar-refractivity contribution in [3.63, 3.8) is 0 Å². The van der Waals surface area contributed by atoms with Crippen molar-refractivity contribution < 1.29 is 17.9 Å². The molecular weight excluding hydrogens is 438 g/mol. The molecule has 0 fully saturated rings. The van der Waals surface area contributed by atoms with E-state index in [2.05, 4.69) is 9.97 Å². The van der Waals surface area contributed by atoms with Crippen LogP contribution in [0.2, 0.25) is 0 Å². The van der Waals surface area contributed by atoms with Crippen molar-refractivity contribution in [1.82, 2.24) is 14.3 Å². The Morgan fingerprint density at radius 2 is 1.64 bits per heavy atom. The average molecular weight is 462 g/mol. The maximum atomic E-state index is 12.8. The van der Waals surface area contributed by atoms with Gasteiger partial charge in [0.25, 0.3) is 0 Å². The first kappa shape index (κ1) is 22.6. The number of carbonyl (C=O) groups is 1. The van der Waals surface area contributed by atoms with E-state index in [0.717, 1.165) is 16.6 Å². The Labute approximate surface area is 192 Å². The summed E-state index contributed by atoms with van der Waals surface area (Å²) in [5.74, 6) is -0.321. The van der Waals surface area contributed by atoms with Gasteiger partial charge in [0.05, 0.1) is 33.4 Å². The molecule has 3 aromatic carbocycles. The number of fused-ring (bicyclic) bond motifs is 1. The van der Waals surface area contributed by atoms with Gasteiger partial charge in [-0.2, -0.15) is 4.31 Å². The summed E-state index contributed by atoms with van der Waals surface area (Å²) in [5.41, 5.74) is 3.11. The second-order valence-corrected chi connectivity index (χ2v) is 9.22. The molecule has 1 aromatic heterocycles. The number of nitrogens with zero attached hydrogens (tertiary/aromatic N) is 3. The molecule has 0 spiro atoms. The number of benzene rings is 3. The third-order valence-electron chi connectivity index (χ3n) is 5.20. The molecule has 168 valence electrons. The Bertz CT molecular complexity index is 1420. The minimum Gasteiger partial charge on any atom is -0.423 e. The van der Waals surface area contributed by atoms with Crippen LogP contribution in [-0.2, 0) is 10.0 Å². The molecule has 33 heavy (non-hydrogen) atoms. The minimum absolute atomic E-state index is 0.0563. The van der Waals surface area contributed by atoms with Gasteiger partial charge in [-0.3, -0.25) is 4.98 Å². The lowest BCUT2D eigenvalue weighted by Crippen LogP contribution is -2.30. The third kappa shape index (κ3) is 4.76. The molecule has 0 aliphatic heterocycles. The van der Waals surface area contributed by atoms with Crippen molar-refractivity contribution in [1.29, 1.82) is 0 Å². The van der Waals surface area contributed by atoms with Gasteiger partial charge in [0.15, 0.2) is 0 Å². The molecule has 0 bridgehead atoms. The van der Waals surface area contributed by atoms with E-state index in [0.29, 0.717) is 24.5 Å². The second kappa shape index (κ2) is 9.48. The summed E-state index contributed by atoms with van der Waals surface area (Å²) in [6.45, 7) is 4.23. The molecule has 0 aliphatic carbocycles. The molecule has 0 unspecified atom stereocenters. The molecule has 4 aromatic rings. The number of ether oxygens (including phenoxy) is 1. The number of esters is 1. The smallest absolute Gasteiger partial charge is 0.343 e. The summed E-state index contributed by atoms with van der Waals surface area (Å²) in [6.07, 6.45) is 1.67. The number of carbonyl (C=O) groups excluding carboxylic acids is 1. The van der Waals surface area contributed by atoms with Gasteiger partial charge in [-0.05, 0) is 42.5 Å². The number of hydrogen-bond donors (Lipinski definition) is 0. The van der Waals surface area contributed by atoms with E-state index >= 15 is 0 Å². The van der Waals surface area contributed by atoms with Crippen molar-refractivity contribution in [3.05, 3.63) is 84.6 Å². The van der Waals surface area contributed by atoms with Gasteiger partial charge in [0.2, 0.25) is 10.0 Å². The van der Waals surface area contributed by atoms with Gasteiger partial charge in [-0.1, -0.05) is 44.2 Å². The van der Waals surface area contributed by atoms with Crippen LogP contribution in [0, 0.1) is 0 Å². The van der Waals surface area contributed by atoms with E-state index in [1.807, 2.05) is 30.3 Å². The van der Waals surface area contributed by atoms with Gasteiger partial charge >= 0.3 is 5.97 Å². The Balaban J connectivity index is 1.58. The first-order valence-corrected chi connectivity index (χ1v) is 12.0. The summed E-state index contributed by atoms with van der Waals surface area (Å²) in [7, 11) is -3.68. The van der Waals surface area contributed by atoms with Crippen molar-refractivity contribution in [2.45, 2.75) is 18.7 Å². The number of hydrogen-bond acceptors (Lipinski definition) is 6. The monoisotopic (exact) mass is 461 g/mol. The molecule has 0 aliphatic rings.